The second-order valence-corrected chi connectivity index (χ2v) is 8.91. The molecule has 4 heteroatoms. The third kappa shape index (κ3) is 3.93. The maximum atomic E-state index is 12.7. The molecule has 1 aromatic carbocycles. The Morgan fingerprint density at radius 3 is 2.45 bits per heavy atom. The molecule has 0 amide bonds. The number of rotatable bonds is 5. The zero-order valence-corrected chi connectivity index (χ0v) is 14.7. The fourth-order valence-corrected chi connectivity index (χ4v) is 4.13. The zero-order chi connectivity index (χ0) is 16.3. The summed E-state index contributed by atoms with van der Waals surface area (Å²) in [6.45, 7) is 8.12. The van der Waals surface area contributed by atoms with Gasteiger partial charge in [-0.3, -0.25) is 4.79 Å². The third-order valence-electron chi connectivity index (χ3n) is 3.89. The van der Waals surface area contributed by atoms with E-state index >= 15 is 0 Å². The molecule has 0 bridgehead atoms. The van der Waals surface area contributed by atoms with Crippen LogP contribution in [0.2, 0.25) is 0 Å². The molecule has 22 heavy (non-hydrogen) atoms. The molecule has 0 unspecified atom stereocenters. The van der Waals surface area contributed by atoms with Crippen LogP contribution in [0.3, 0.4) is 0 Å². The van der Waals surface area contributed by atoms with Gasteiger partial charge in [0.05, 0.1) is 10.8 Å². The van der Waals surface area contributed by atoms with E-state index in [0.717, 1.165) is 18.4 Å². The van der Waals surface area contributed by atoms with Crippen LogP contribution in [-0.2, 0) is 22.2 Å². The van der Waals surface area contributed by atoms with Crippen LogP contribution < -0.4 is 0 Å². The Labute approximate surface area is 136 Å². The first-order valence-corrected chi connectivity index (χ1v) is 8.85. The number of aryl methyl sites for hydroxylation is 1. The molecule has 0 aromatic heterocycles. The van der Waals surface area contributed by atoms with Crippen LogP contribution in [-0.4, -0.2) is 31.6 Å². The molecule has 1 heterocycles. The number of hydrogen-bond donors (Lipinski definition) is 0. The highest BCUT2D eigenvalue weighted by Crippen LogP contribution is 2.29. The van der Waals surface area contributed by atoms with Crippen molar-refractivity contribution < 1.29 is 9.00 Å². The van der Waals surface area contributed by atoms with E-state index in [1.54, 1.807) is 6.92 Å². The van der Waals surface area contributed by atoms with Crippen LogP contribution in [0.4, 0.5) is 0 Å². The number of ketones is 1. The lowest BCUT2D eigenvalue weighted by molar-refractivity contribution is -0.113. The summed E-state index contributed by atoms with van der Waals surface area (Å²) in [5, 5.41) is 0. The molecule has 1 aliphatic heterocycles. The lowest BCUT2D eigenvalue weighted by Crippen LogP contribution is -2.42. The maximum absolute atomic E-state index is 12.7. The van der Waals surface area contributed by atoms with Crippen molar-refractivity contribution in [2.45, 2.75) is 51.3 Å². The van der Waals surface area contributed by atoms with Crippen molar-refractivity contribution in [1.82, 2.24) is 4.31 Å². The third-order valence-corrected chi connectivity index (χ3v) is 5.77. The molecule has 0 saturated carbocycles. The number of carbonyl (C=O) groups is 1. The monoisotopic (exact) mass is 319 g/mol. The van der Waals surface area contributed by atoms with Gasteiger partial charge in [-0.15, -0.1) is 0 Å². The highest BCUT2D eigenvalue weighted by atomic mass is 32.2. The fourth-order valence-electron chi connectivity index (χ4n) is 2.77. The Hall–Kier alpha value is -1.26. The van der Waals surface area contributed by atoms with Crippen molar-refractivity contribution >= 4 is 16.8 Å². The maximum Gasteiger partial charge on any atom is 0.157 e. The fraction of sp³-hybridized carbons (Fsp3) is 0.500. The number of hydrogen-bond acceptors (Lipinski definition) is 2. The van der Waals surface area contributed by atoms with Gasteiger partial charge < -0.3 is 0 Å². The normalized spacial score (nSPS) is 20.7. The standard InChI is InChI=1S/C18H25NO2S/c1-14(20)16-12-13-19(22(21)18(2,3)4)17(16)11-10-15-8-6-5-7-9-15/h5-9,12,17H,10-11,13H2,1-4H3/t17-,22+/m0/s1. The van der Waals surface area contributed by atoms with Crippen molar-refractivity contribution in [2.75, 3.05) is 6.54 Å². The largest absolute Gasteiger partial charge is 0.295 e. The Kier molecular flexibility index (Phi) is 5.35. The lowest BCUT2D eigenvalue weighted by atomic mass is 9.99. The summed E-state index contributed by atoms with van der Waals surface area (Å²) < 4.78 is 14.4. The van der Waals surface area contributed by atoms with Crippen LogP contribution in [0.5, 0.6) is 0 Å². The second-order valence-electron chi connectivity index (χ2n) is 6.72. The summed E-state index contributed by atoms with van der Waals surface area (Å²) in [4.78, 5) is 11.9. The summed E-state index contributed by atoms with van der Waals surface area (Å²) in [6.07, 6.45) is 3.65. The molecule has 2 rings (SSSR count). The SMILES string of the molecule is CC(=O)C1=CCN([S@](=O)C(C)(C)C)[C@H]1CCc1ccccc1. The van der Waals surface area contributed by atoms with E-state index in [2.05, 4.69) is 12.1 Å². The number of nitrogens with zero attached hydrogens (tertiary/aromatic N) is 1. The summed E-state index contributed by atoms with van der Waals surface area (Å²) in [5.74, 6) is 0.0893. The van der Waals surface area contributed by atoms with E-state index in [-0.39, 0.29) is 16.6 Å². The van der Waals surface area contributed by atoms with E-state index in [0.29, 0.717) is 6.54 Å². The Balaban J connectivity index is 2.15. The van der Waals surface area contributed by atoms with E-state index < -0.39 is 11.0 Å². The van der Waals surface area contributed by atoms with Gasteiger partial charge in [0.25, 0.3) is 0 Å². The zero-order valence-electron chi connectivity index (χ0n) is 13.8. The number of Topliss-reactive ketones (excluding diaryl/α,β-unsaturated/α-hetero) is 1. The highest BCUT2D eigenvalue weighted by molar-refractivity contribution is 7.84. The first-order valence-electron chi connectivity index (χ1n) is 7.74. The van der Waals surface area contributed by atoms with Gasteiger partial charge in [0, 0.05) is 12.1 Å². The molecule has 1 aromatic rings. The van der Waals surface area contributed by atoms with Crippen molar-refractivity contribution in [3.8, 4) is 0 Å². The summed E-state index contributed by atoms with van der Waals surface area (Å²) in [5.41, 5.74) is 2.06. The first kappa shape index (κ1) is 17.1. The topological polar surface area (TPSA) is 37.4 Å². The highest BCUT2D eigenvalue weighted by Gasteiger charge is 2.37. The van der Waals surface area contributed by atoms with Gasteiger partial charge in [-0.05, 0) is 46.1 Å². The molecule has 0 radical (unpaired) electrons. The van der Waals surface area contributed by atoms with Crippen LogP contribution in [0, 0.1) is 0 Å². The first-order chi connectivity index (χ1) is 10.3. The van der Waals surface area contributed by atoms with E-state index in [4.69, 9.17) is 0 Å². The summed E-state index contributed by atoms with van der Waals surface area (Å²) >= 11 is 0. The van der Waals surface area contributed by atoms with E-state index in [1.807, 2.05) is 49.4 Å². The summed E-state index contributed by atoms with van der Waals surface area (Å²) in [7, 11) is -1.11. The Morgan fingerprint density at radius 1 is 1.27 bits per heavy atom. The van der Waals surface area contributed by atoms with Gasteiger partial charge >= 0.3 is 0 Å². The van der Waals surface area contributed by atoms with Gasteiger partial charge in [-0.1, -0.05) is 36.4 Å². The van der Waals surface area contributed by atoms with Crippen LogP contribution in [0.25, 0.3) is 0 Å². The molecular weight excluding hydrogens is 294 g/mol. The van der Waals surface area contributed by atoms with Crippen LogP contribution in [0.15, 0.2) is 42.0 Å². The average molecular weight is 319 g/mol. The lowest BCUT2D eigenvalue weighted by Gasteiger charge is -2.31. The molecule has 2 atom stereocenters. The minimum absolute atomic E-state index is 0.0437. The van der Waals surface area contributed by atoms with Crippen molar-refractivity contribution in [1.29, 1.82) is 0 Å². The predicted molar refractivity (Wildman–Crippen MR) is 91.9 cm³/mol. The van der Waals surface area contributed by atoms with E-state index in [1.165, 1.54) is 5.56 Å². The molecule has 1 aliphatic rings. The second kappa shape index (κ2) is 6.88. The molecular formula is C18H25NO2S. The van der Waals surface area contributed by atoms with Crippen LogP contribution in [0.1, 0.15) is 39.7 Å². The Bertz CT molecular complexity index is 587. The molecule has 0 spiro atoms. The molecule has 3 nitrogen and oxygen atoms in total. The van der Waals surface area contributed by atoms with Gasteiger partial charge in [-0.2, -0.15) is 0 Å². The summed E-state index contributed by atoms with van der Waals surface area (Å²) in [6, 6.07) is 10.2. The van der Waals surface area contributed by atoms with Crippen molar-refractivity contribution in [3.63, 3.8) is 0 Å². The van der Waals surface area contributed by atoms with Crippen molar-refractivity contribution in [3.05, 3.63) is 47.5 Å². The smallest absolute Gasteiger partial charge is 0.157 e. The van der Waals surface area contributed by atoms with E-state index in [9.17, 15) is 9.00 Å². The van der Waals surface area contributed by atoms with Crippen LogP contribution >= 0.6 is 0 Å². The van der Waals surface area contributed by atoms with Gasteiger partial charge in [0.15, 0.2) is 5.78 Å². The number of benzene rings is 1. The minimum atomic E-state index is -1.11. The molecule has 0 N–H and O–H groups in total. The minimum Gasteiger partial charge on any atom is -0.295 e. The number of carbonyl (C=O) groups excluding carboxylic acids is 1. The Morgan fingerprint density at radius 2 is 1.91 bits per heavy atom. The average Bonchev–Trinajstić information content (AvgIpc) is 2.88. The van der Waals surface area contributed by atoms with Gasteiger partial charge in [0.2, 0.25) is 0 Å². The van der Waals surface area contributed by atoms with Crippen molar-refractivity contribution in [2.24, 2.45) is 0 Å². The quantitative estimate of drug-likeness (QED) is 0.835. The molecule has 0 saturated heterocycles. The predicted octanol–water partition coefficient (Wildman–Crippen LogP) is 3.28. The molecule has 0 aliphatic carbocycles. The van der Waals surface area contributed by atoms with Gasteiger partial charge in [0.1, 0.15) is 11.0 Å². The molecule has 0 fully saturated rings. The molecule has 120 valence electrons. The van der Waals surface area contributed by atoms with Gasteiger partial charge in [-0.25, -0.2) is 8.51 Å².